The smallest absolute Gasteiger partial charge is 0.335 e. The standard InChI is InChI=1S/C17H17ClN4O3S/c1-2-9-26-16-20-13(18)12-14(21-16)22(17(25)19-12)8-7-10-3-5-11(6-4-10)15(23)24/h3-6H,2,7-9H2,1H3,(H,19,25)(H,23,24). The first-order valence-corrected chi connectivity index (χ1v) is 9.47. The number of imidazole rings is 1. The van der Waals surface area contributed by atoms with Crippen LogP contribution in [0.15, 0.2) is 34.2 Å². The zero-order chi connectivity index (χ0) is 18.7. The molecule has 9 heteroatoms. The fourth-order valence-electron chi connectivity index (χ4n) is 2.50. The number of H-pyrrole nitrogens is 1. The van der Waals surface area contributed by atoms with Crippen molar-refractivity contribution in [1.82, 2.24) is 19.5 Å². The van der Waals surface area contributed by atoms with Gasteiger partial charge in [0.1, 0.15) is 5.52 Å². The van der Waals surface area contributed by atoms with E-state index in [1.54, 1.807) is 24.3 Å². The maximum atomic E-state index is 12.3. The molecule has 0 aliphatic carbocycles. The number of hydrogen-bond donors (Lipinski definition) is 2. The van der Waals surface area contributed by atoms with Gasteiger partial charge in [-0.25, -0.2) is 19.6 Å². The van der Waals surface area contributed by atoms with Crippen LogP contribution in [0, 0.1) is 0 Å². The number of nitrogens with one attached hydrogen (secondary N) is 1. The van der Waals surface area contributed by atoms with Gasteiger partial charge in [0.15, 0.2) is 16.0 Å². The van der Waals surface area contributed by atoms with Gasteiger partial charge in [-0.1, -0.05) is 42.4 Å². The Morgan fingerprint density at radius 3 is 2.69 bits per heavy atom. The molecule has 3 rings (SSSR count). The van der Waals surface area contributed by atoms with Crippen molar-refractivity contribution in [2.45, 2.75) is 31.5 Å². The number of rotatable bonds is 7. The summed E-state index contributed by atoms with van der Waals surface area (Å²) in [7, 11) is 0. The van der Waals surface area contributed by atoms with Crippen LogP contribution in [0.2, 0.25) is 5.15 Å². The highest BCUT2D eigenvalue weighted by Gasteiger charge is 2.14. The number of hydrogen-bond acceptors (Lipinski definition) is 5. The number of aryl methyl sites for hydroxylation is 2. The van der Waals surface area contributed by atoms with Crippen molar-refractivity contribution < 1.29 is 9.90 Å². The number of carboxylic acid groups (broad SMARTS) is 1. The van der Waals surface area contributed by atoms with Crippen LogP contribution in [0.4, 0.5) is 0 Å². The predicted octanol–water partition coefficient (Wildman–Crippen LogP) is 3.22. The number of aromatic carboxylic acids is 1. The van der Waals surface area contributed by atoms with E-state index in [9.17, 15) is 9.59 Å². The Balaban J connectivity index is 1.86. The third kappa shape index (κ3) is 3.91. The summed E-state index contributed by atoms with van der Waals surface area (Å²) in [6.45, 7) is 2.46. The first-order valence-electron chi connectivity index (χ1n) is 8.10. The van der Waals surface area contributed by atoms with Crippen molar-refractivity contribution in [3.05, 3.63) is 51.0 Å². The Morgan fingerprint density at radius 1 is 1.31 bits per heavy atom. The van der Waals surface area contributed by atoms with Gasteiger partial charge in [0, 0.05) is 12.3 Å². The van der Waals surface area contributed by atoms with Gasteiger partial charge in [0.2, 0.25) is 0 Å². The van der Waals surface area contributed by atoms with Crippen molar-refractivity contribution in [1.29, 1.82) is 0 Å². The highest BCUT2D eigenvalue weighted by atomic mass is 35.5. The second kappa shape index (κ2) is 7.92. The molecule has 1 aromatic carbocycles. The summed E-state index contributed by atoms with van der Waals surface area (Å²) in [5, 5.41) is 9.72. The summed E-state index contributed by atoms with van der Waals surface area (Å²) in [6.07, 6.45) is 1.54. The average molecular weight is 393 g/mol. The van der Waals surface area contributed by atoms with Gasteiger partial charge >= 0.3 is 11.7 Å². The van der Waals surface area contributed by atoms with E-state index in [0.717, 1.165) is 17.7 Å². The Bertz CT molecular complexity index is 998. The molecule has 0 atom stereocenters. The summed E-state index contributed by atoms with van der Waals surface area (Å²) in [4.78, 5) is 34.6. The van der Waals surface area contributed by atoms with Crippen molar-refractivity contribution in [2.24, 2.45) is 0 Å². The van der Waals surface area contributed by atoms with Gasteiger partial charge in [-0.15, -0.1) is 0 Å². The molecule has 2 aromatic heterocycles. The number of aromatic amines is 1. The molecule has 2 heterocycles. The monoisotopic (exact) mass is 392 g/mol. The number of fused-ring (bicyclic) bond motifs is 1. The lowest BCUT2D eigenvalue weighted by molar-refractivity contribution is 0.0697. The highest BCUT2D eigenvalue weighted by Crippen LogP contribution is 2.22. The molecule has 0 fully saturated rings. The Labute approximate surface area is 158 Å². The van der Waals surface area contributed by atoms with Gasteiger partial charge in [0.25, 0.3) is 0 Å². The third-order valence-electron chi connectivity index (χ3n) is 3.82. The van der Waals surface area contributed by atoms with Crippen LogP contribution in [0.1, 0.15) is 29.3 Å². The molecule has 0 saturated carbocycles. The summed E-state index contributed by atoms with van der Waals surface area (Å²) in [6, 6.07) is 6.59. The van der Waals surface area contributed by atoms with Crippen molar-refractivity contribution in [3.8, 4) is 0 Å². The van der Waals surface area contributed by atoms with Gasteiger partial charge in [0.05, 0.1) is 5.56 Å². The van der Waals surface area contributed by atoms with Crippen LogP contribution >= 0.6 is 23.4 Å². The van der Waals surface area contributed by atoms with Gasteiger partial charge in [-0.2, -0.15) is 0 Å². The van der Waals surface area contributed by atoms with Crippen LogP contribution < -0.4 is 5.69 Å². The van der Waals surface area contributed by atoms with E-state index in [4.69, 9.17) is 16.7 Å². The molecule has 0 unspecified atom stereocenters. The number of benzene rings is 1. The molecule has 26 heavy (non-hydrogen) atoms. The van der Waals surface area contributed by atoms with E-state index in [-0.39, 0.29) is 16.4 Å². The Morgan fingerprint density at radius 2 is 2.04 bits per heavy atom. The van der Waals surface area contributed by atoms with Gasteiger partial charge in [-0.3, -0.25) is 4.57 Å². The largest absolute Gasteiger partial charge is 0.478 e. The number of halogens is 1. The van der Waals surface area contributed by atoms with E-state index in [1.807, 2.05) is 0 Å². The molecule has 0 aliphatic heterocycles. The number of nitrogens with zero attached hydrogens (tertiary/aromatic N) is 3. The molecule has 0 saturated heterocycles. The van der Waals surface area contributed by atoms with E-state index >= 15 is 0 Å². The lowest BCUT2D eigenvalue weighted by Crippen LogP contribution is -2.18. The van der Waals surface area contributed by atoms with Crippen LogP contribution in [0.25, 0.3) is 11.2 Å². The van der Waals surface area contributed by atoms with Gasteiger partial charge in [-0.05, 0) is 30.5 Å². The molecular weight excluding hydrogens is 376 g/mol. The van der Waals surface area contributed by atoms with E-state index in [0.29, 0.717) is 29.3 Å². The topological polar surface area (TPSA) is 101 Å². The number of aromatic nitrogens is 4. The van der Waals surface area contributed by atoms with Crippen LogP contribution in [-0.2, 0) is 13.0 Å². The SMILES string of the molecule is CCCSc1nc(Cl)c2[nH]c(=O)n(CCc3ccc(C(=O)O)cc3)c2n1. The molecule has 3 aromatic rings. The maximum Gasteiger partial charge on any atom is 0.335 e. The second-order valence-corrected chi connectivity index (χ2v) is 7.10. The fourth-order valence-corrected chi connectivity index (χ4v) is 3.45. The molecular formula is C17H17ClN4O3S. The summed E-state index contributed by atoms with van der Waals surface area (Å²) in [5.74, 6) is -0.0975. The molecule has 7 nitrogen and oxygen atoms in total. The molecule has 0 radical (unpaired) electrons. The predicted molar refractivity (Wildman–Crippen MR) is 101 cm³/mol. The normalized spacial score (nSPS) is 11.2. The first kappa shape index (κ1) is 18.5. The molecule has 136 valence electrons. The first-order chi connectivity index (χ1) is 12.5. The van der Waals surface area contributed by atoms with E-state index < -0.39 is 5.97 Å². The molecule has 0 amide bonds. The van der Waals surface area contributed by atoms with Crippen molar-refractivity contribution in [3.63, 3.8) is 0 Å². The van der Waals surface area contributed by atoms with E-state index in [2.05, 4.69) is 21.9 Å². The third-order valence-corrected chi connectivity index (χ3v) is 5.14. The summed E-state index contributed by atoms with van der Waals surface area (Å²) >= 11 is 7.68. The van der Waals surface area contributed by atoms with Crippen LogP contribution in [0.5, 0.6) is 0 Å². The minimum atomic E-state index is -0.965. The molecule has 2 N–H and O–H groups in total. The zero-order valence-electron chi connectivity index (χ0n) is 14.0. The zero-order valence-corrected chi connectivity index (χ0v) is 15.6. The minimum absolute atomic E-state index is 0.232. The number of thioether (sulfide) groups is 1. The number of carbonyl (C=O) groups is 1. The fraction of sp³-hybridized carbons (Fsp3) is 0.294. The quantitative estimate of drug-likeness (QED) is 0.363. The molecule has 0 aliphatic rings. The van der Waals surface area contributed by atoms with Gasteiger partial charge < -0.3 is 10.1 Å². The lowest BCUT2D eigenvalue weighted by atomic mass is 10.1. The van der Waals surface area contributed by atoms with Crippen LogP contribution in [-0.4, -0.2) is 36.3 Å². The highest BCUT2D eigenvalue weighted by molar-refractivity contribution is 7.99. The van der Waals surface area contributed by atoms with Crippen molar-refractivity contribution >= 4 is 40.5 Å². The summed E-state index contributed by atoms with van der Waals surface area (Å²) in [5.41, 5.74) is 1.78. The lowest BCUT2D eigenvalue weighted by Gasteiger charge is -2.05. The average Bonchev–Trinajstić information content (AvgIpc) is 2.94. The number of carboxylic acids is 1. The minimum Gasteiger partial charge on any atom is -0.478 e. The molecule has 0 spiro atoms. The summed E-state index contributed by atoms with van der Waals surface area (Å²) < 4.78 is 1.53. The Hall–Kier alpha value is -2.32. The Kier molecular flexibility index (Phi) is 5.63. The van der Waals surface area contributed by atoms with E-state index in [1.165, 1.54) is 16.3 Å². The maximum absolute atomic E-state index is 12.3. The second-order valence-electron chi connectivity index (χ2n) is 5.68. The molecule has 0 bridgehead atoms. The van der Waals surface area contributed by atoms with Crippen molar-refractivity contribution in [2.75, 3.05) is 5.75 Å². The van der Waals surface area contributed by atoms with Crippen LogP contribution in [0.3, 0.4) is 0 Å².